The predicted octanol–water partition coefficient (Wildman–Crippen LogP) is 4.71. The van der Waals surface area contributed by atoms with Crippen LogP contribution in [0, 0.1) is 17.8 Å². The Morgan fingerprint density at radius 3 is 2.14 bits per heavy atom. The summed E-state index contributed by atoms with van der Waals surface area (Å²) in [4.78, 5) is 75.2. The molecule has 15 heteroatoms. The van der Waals surface area contributed by atoms with E-state index < -0.39 is 71.6 Å². The van der Waals surface area contributed by atoms with Crippen LogP contribution in [0.2, 0.25) is 0 Å². The largest absolute Gasteiger partial charge is 0.508 e. The van der Waals surface area contributed by atoms with Crippen LogP contribution in [0.1, 0.15) is 57.7 Å². The second-order valence-electron chi connectivity index (χ2n) is 15.5. The summed E-state index contributed by atoms with van der Waals surface area (Å²) in [5, 5.41) is 27.2. The van der Waals surface area contributed by atoms with Gasteiger partial charge in [-0.2, -0.15) is 0 Å². The molecule has 7 atom stereocenters. The number of aliphatic hydroxyl groups is 1. The molecule has 3 aliphatic heterocycles. The monoisotopic (exact) mass is 863 g/mol. The van der Waals surface area contributed by atoms with E-state index in [1.807, 2.05) is 65.6 Å². The number of anilines is 1. The molecule has 5 amide bonds. The van der Waals surface area contributed by atoms with Crippen molar-refractivity contribution in [2.75, 3.05) is 38.3 Å². The van der Waals surface area contributed by atoms with Gasteiger partial charge in [0.1, 0.15) is 29.9 Å². The lowest BCUT2D eigenvalue weighted by Crippen LogP contribution is -2.56. The maximum atomic E-state index is 16.1. The summed E-state index contributed by atoms with van der Waals surface area (Å²) in [5.41, 5.74) is 5.98. The molecule has 0 unspecified atom stereocenters. The fraction of sp³-hybridized carbons (Fsp3) is 0.245. The van der Waals surface area contributed by atoms with Crippen LogP contribution in [-0.4, -0.2) is 84.5 Å². The number of amides is 5. The third-order valence-electron chi connectivity index (χ3n) is 11.9. The van der Waals surface area contributed by atoms with E-state index in [9.17, 15) is 19.8 Å². The lowest BCUT2D eigenvalue weighted by molar-refractivity contribution is -0.178. The molecular formula is C49H45N5O10. The number of nitrogens with zero attached hydrogens (tertiary/aromatic N) is 2. The molecule has 3 aliphatic rings. The number of morpholine rings is 1. The molecule has 5 aromatic rings. The average molecular weight is 864 g/mol. The van der Waals surface area contributed by atoms with Crippen molar-refractivity contribution in [3.63, 3.8) is 0 Å². The molecule has 8 rings (SSSR count). The number of urea groups is 1. The Hall–Kier alpha value is -7.51. The van der Waals surface area contributed by atoms with E-state index in [2.05, 4.69) is 22.5 Å². The molecule has 326 valence electrons. The van der Waals surface area contributed by atoms with Gasteiger partial charge in [-0.1, -0.05) is 115 Å². The number of carbonyl (C=O) groups is 5. The quantitative estimate of drug-likeness (QED) is 0.0698. The minimum Gasteiger partial charge on any atom is -0.508 e. The summed E-state index contributed by atoms with van der Waals surface area (Å²) >= 11 is 0. The van der Waals surface area contributed by atoms with Gasteiger partial charge in [0.05, 0.1) is 42.9 Å². The third-order valence-corrected chi connectivity index (χ3v) is 11.9. The summed E-state index contributed by atoms with van der Waals surface area (Å²) in [5.74, 6) is 1.61. The van der Waals surface area contributed by atoms with Gasteiger partial charge < -0.3 is 40.8 Å². The van der Waals surface area contributed by atoms with Crippen molar-refractivity contribution in [3.05, 3.63) is 167 Å². The maximum absolute atomic E-state index is 16.1. The molecule has 0 saturated carbocycles. The second-order valence-corrected chi connectivity index (χ2v) is 15.5. The first-order valence-electron chi connectivity index (χ1n) is 20.6. The van der Waals surface area contributed by atoms with Gasteiger partial charge >= 0.3 is 18.1 Å². The molecule has 3 heterocycles. The van der Waals surface area contributed by atoms with E-state index in [4.69, 9.17) is 19.9 Å². The number of esters is 1. The number of phenolic OH excluding ortho intramolecular Hbond substituents is 1. The number of phenols is 1. The van der Waals surface area contributed by atoms with Gasteiger partial charge in [0.15, 0.2) is 0 Å². The van der Waals surface area contributed by atoms with Crippen molar-refractivity contribution in [2.24, 2.45) is 11.7 Å². The van der Waals surface area contributed by atoms with E-state index >= 15 is 14.4 Å². The summed E-state index contributed by atoms with van der Waals surface area (Å²) in [6.45, 7) is -0.610. The molecule has 6 N–H and O–H groups in total. The number of hydrogen-bond acceptors (Lipinski definition) is 11. The SMILES string of the molecule is COCCOC(=O)N1C(=O)[C@@]2(c3cc(C#CCNC(N)=O)ccc31)[C@H](C(=O)NC[C@H](O)c1ccccc1)[C@H]1C(=O)O[C@H](c3ccccc3)[C@H](c3ccccc3)N1[C@@H]2c1ccc(O)cc1. The van der Waals surface area contributed by atoms with Crippen molar-refractivity contribution >= 4 is 35.6 Å². The van der Waals surface area contributed by atoms with Crippen LogP contribution in [0.15, 0.2) is 133 Å². The van der Waals surface area contributed by atoms with Crippen LogP contribution in [0.5, 0.6) is 5.75 Å². The predicted molar refractivity (Wildman–Crippen MR) is 232 cm³/mol. The molecular weight excluding hydrogens is 819 g/mol. The highest BCUT2D eigenvalue weighted by Crippen LogP contribution is 2.66. The van der Waals surface area contributed by atoms with E-state index in [1.54, 1.807) is 54.6 Å². The first-order valence-corrected chi connectivity index (χ1v) is 20.6. The van der Waals surface area contributed by atoms with E-state index in [-0.39, 0.29) is 43.3 Å². The number of aromatic hydroxyl groups is 1. The summed E-state index contributed by atoms with van der Waals surface area (Å²) in [6, 6.07) is 33.5. The van der Waals surface area contributed by atoms with Crippen LogP contribution in [0.25, 0.3) is 0 Å². The average Bonchev–Trinajstić information content (AvgIpc) is 3.77. The van der Waals surface area contributed by atoms with Crippen LogP contribution >= 0.6 is 0 Å². The Labute approximate surface area is 368 Å². The third kappa shape index (κ3) is 7.90. The van der Waals surface area contributed by atoms with Crippen LogP contribution < -0.4 is 21.3 Å². The first-order chi connectivity index (χ1) is 31.1. The highest BCUT2D eigenvalue weighted by atomic mass is 16.6. The smallest absolute Gasteiger partial charge is 0.421 e. The van der Waals surface area contributed by atoms with Crippen LogP contribution in [0.4, 0.5) is 15.3 Å². The lowest BCUT2D eigenvalue weighted by atomic mass is 9.65. The molecule has 2 saturated heterocycles. The number of benzene rings is 5. The van der Waals surface area contributed by atoms with E-state index in [0.717, 1.165) is 4.90 Å². The number of rotatable bonds is 11. The van der Waals surface area contributed by atoms with Crippen molar-refractivity contribution in [1.29, 1.82) is 0 Å². The van der Waals surface area contributed by atoms with Gasteiger partial charge in [0.2, 0.25) is 11.8 Å². The highest BCUT2D eigenvalue weighted by Gasteiger charge is 2.75. The van der Waals surface area contributed by atoms with Gasteiger partial charge in [0, 0.05) is 19.2 Å². The number of ether oxygens (including phenoxy) is 3. The molecule has 5 aromatic carbocycles. The fourth-order valence-electron chi connectivity index (χ4n) is 9.28. The maximum Gasteiger partial charge on any atom is 0.421 e. The molecule has 0 aliphatic carbocycles. The van der Waals surface area contributed by atoms with Crippen LogP contribution in [-0.2, 0) is 34.0 Å². The number of aliphatic hydroxyl groups excluding tert-OH is 1. The Morgan fingerprint density at radius 2 is 1.48 bits per heavy atom. The zero-order valence-electron chi connectivity index (χ0n) is 34.6. The Balaban J connectivity index is 1.41. The number of carbonyl (C=O) groups excluding carboxylic acids is 5. The Bertz CT molecular complexity index is 2600. The zero-order valence-corrected chi connectivity index (χ0v) is 34.6. The molecule has 0 bridgehead atoms. The number of cyclic esters (lactones) is 1. The van der Waals surface area contributed by atoms with E-state index in [1.165, 1.54) is 25.3 Å². The topological polar surface area (TPSA) is 210 Å². The highest BCUT2D eigenvalue weighted by molar-refractivity contribution is 6.23. The minimum atomic E-state index is -2.14. The number of nitrogens with one attached hydrogen (secondary N) is 2. The normalized spacial score (nSPS) is 22.7. The minimum absolute atomic E-state index is 0.0197. The first kappa shape index (κ1) is 43.2. The summed E-state index contributed by atoms with van der Waals surface area (Å²) in [6.07, 6.45) is -3.20. The van der Waals surface area contributed by atoms with Gasteiger partial charge in [-0.15, -0.1) is 0 Å². The molecule has 15 nitrogen and oxygen atoms in total. The number of imide groups is 1. The lowest BCUT2D eigenvalue weighted by Gasteiger charge is -2.46. The molecule has 0 radical (unpaired) electrons. The van der Waals surface area contributed by atoms with E-state index in [0.29, 0.717) is 27.8 Å². The van der Waals surface area contributed by atoms with Crippen LogP contribution in [0.3, 0.4) is 0 Å². The molecule has 2 fully saturated rings. The summed E-state index contributed by atoms with van der Waals surface area (Å²) < 4.78 is 17.2. The molecule has 64 heavy (non-hydrogen) atoms. The summed E-state index contributed by atoms with van der Waals surface area (Å²) in [7, 11) is 1.43. The zero-order chi connectivity index (χ0) is 45.0. The number of nitrogens with two attached hydrogens (primary N) is 1. The Morgan fingerprint density at radius 1 is 0.828 bits per heavy atom. The van der Waals surface area contributed by atoms with Gasteiger partial charge in [-0.3, -0.25) is 19.3 Å². The fourth-order valence-corrected chi connectivity index (χ4v) is 9.28. The van der Waals surface area contributed by atoms with Crippen molar-refractivity contribution < 1.29 is 48.4 Å². The molecule has 1 spiro atoms. The standard InChI is InChI=1S/C49H45N5O10/c1-62-26-27-63-48(61)53-37-24-19-30(12-11-25-51-47(50)60)28-36(37)49(46(53)59)39(44(57)52-29-38(56)31-13-5-2-6-14-31)41-45(58)64-42(33-17-9-4-10-18-33)40(32-15-7-3-8-16-32)54(41)43(49)34-20-22-35(55)23-21-34/h2-10,13-24,28,38-43,55-56H,25-27,29H2,1H3,(H,52,57)(H3,50,51,60)/t38-,39-,40-,41-,42+,43+,49-/m0/s1. The number of fused-ring (bicyclic) bond motifs is 3. The number of primary amides is 1. The Kier molecular flexibility index (Phi) is 12.4. The van der Waals surface area contributed by atoms with Crippen molar-refractivity contribution in [2.45, 2.75) is 35.7 Å². The van der Waals surface area contributed by atoms with Gasteiger partial charge in [-0.25, -0.2) is 14.5 Å². The number of methoxy groups -OCH3 is 1. The van der Waals surface area contributed by atoms with Crippen molar-refractivity contribution in [1.82, 2.24) is 15.5 Å². The van der Waals surface area contributed by atoms with Gasteiger partial charge in [0.25, 0.3) is 0 Å². The molecule has 0 aromatic heterocycles. The number of hydrogen-bond donors (Lipinski definition) is 5. The van der Waals surface area contributed by atoms with Crippen molar-refractivity contribution in [3.8, 4) is 17.6 Å². The second kappa shape index (κ2) is 18.5. The van der Waals surface area contributed by atoms with Gasteiger partial charge in [-0.05, 0) is 58.1 Å².